The van der Waals surface area contributed by atoms with E-state index in [1.165, 1.54) is 48.8 Å². The van der Waals surface area contributed by atoms with E-state index in [1.807, 2.05) is 47.6 Å². The molecule has 0 saturated carbocycles. The average molecular weight is 822 g/mol. The SMILES string of the molecule is CCC(C)(CC)C(=O)/C=C(\O)C(C)(CC)CC.Cc1cc2ccc3sc4c(-c5[c-]cc6ccccc6c5)ncnc4c3c2cc1C.[Ir]. The molecule has 4 nitrogen and oxygen atoms in total. The third kappa shape index (κ3) is 7.06. The summed E-state index contributed by atoms with van der Waals surface area (Å²) in [6.45, 7) is 16.4. The first-order valence-electron chi connectivity index (χ1n) is 16.4. The van der Waals surface area contributed by atoms with Gasteiger partial charge < -0.3 is 5.11 Å². The molecule has 0 bridgehead atoms. The van der Waals surface area contributed by atoms with Gasteiger partial charge >= 0.3 is 0 Å². The number of rotatable bonds is 8. The number of benzene rings is 4. The van der Waals surface area contributed by atoms with Crippen LogP contribution < -0.4 is 0 Å². The molecule has 0 aliphatic carbocycles. The number of fused-ring (bicyclic) bond motifs is 6. The Bertz CT molecular complexity index is 2090. The molecule has 0 fully saturated rings. The van der Waals surface area contributed by atoms with E-state index in [9.17, 15) is 9.90 Å². The maximum Gasteiger partial charge on any atom is 0.164 e. The van der Waals surface area contributed by atoms with Crippen LogP contribution >= 0.6 is 11.3 Å². The predicted octanol–water partition coefficient (Wildman–Crippen LogP) is 11.9. The van der Waals surface area contributed by atoms with Gasteiger partial charge in [-0.1, -0.05) is 89.4 Å². The van der Waals surface area contributed by atoms with Crippen LogP contribution in [0, 0.1) is 30.7 Å². The second-order valence-corrected chi connectivity index (χ2v) is 14.1. The predicted molar refractivity (Wildman–Crippen MR) is 197 cm³/mol. The van der Waals surface area contributed by atoms with Crippen molar-refractivity contribution in [3.8, 4) is 11.3 Å². The summed E-state index contributed by atoms with van der Waals surface area (Å²) in [5.74, 6) is 0.286. The van der Waals surface area contributed by atoms with Crippen molar-refractivity contribution in [2.75, 3.05) is 0 Å². The summed E-state index contributed by atoms with van der Waals surface area (Å²) in [4.78, 5) is 21.5. The van der Waals surface area contributed by atoms with E-state index < -0.39 is 0 Å². The van der Waals surface area contributed by atoms with Gasteiger partial charge in [0.05, 0.1) is 5.52 Å². The molecular weight excluding hydrogens is 777 g/mol. The molecule has 0 aliphatic rings. The molecule has 0 spiro atoms. The van der Waals surface area contributed by atoms with Gasteiger partial charge in [-0.2, -0.15) is 0 Å². The monoisotopic (exact) mass is 822 g/mol. The van der Waals surface area contributed by atoms with Crippen molar-refractivity contribution in [1.82, 2.24) is 9.97 Å². The van der Waals surface area contributed by atoms with Crippen molar-refractivity contribution in [3.05, 3.63) is 96.0 Å². The van der Waals surface area contributed by atoms with Crippen LogP contribution in [0.4, 0.5) is 0 Å². The molecule has 0 unspecified atom stereocenters. The van der Waals surface area contributed by atoms with Crippen molar-refractivity contribution >= 4 is 59.0 Å². The number of thiophene rings is 1. The fourth-order valence-corrected chi connectivity index (χ4v) is 6.98. The molecule has 0 saturated heterocycles. The zero-order chi connectivity index (χ0) is 33.2. The third-order valence-corrected chi connectivity index (χ3v) is 11.5. The van der Waals surface area contributed by atoms with Gasteiger partial charge in [-0.15, -0.1) is 40.5 Å². The first kappa shape index (κ1) is 36.4. The Balaban J connectivity index is 0.000000242. The molecule has 1 N–H and O–H groups in total. The average Bonchev–Trinajstić information content (AvgIpc) is 3.47. The summed E-state index contributed by atoms with van der Waals surface area (Å²) >= 11 is 1.77. The Labute approximate surface area is 296 Å². The minimum atomic E-state index is -0.337. The number of aromatic nitrogens is 2. The van der Waals surface area contributed by atoms with E-state index in [-0.39, 0.29) is 42.5 Å². The molecule has 6 aromatic rings. The molecule has 2 aromatic heterocycles. The summed E-state index contributed by atoms with van der Waals surface area (Å²) in [5.41, 5.74) is 5.02. The van der Waals surface area contributed by atoms with Crippen LogP contribution in [0.5, 0.6) is 0 Å². The van der Waals surface area contributed by atoms with Crippen LogP contribution in [-0.4, -0.2) is 20.9 Å². The molecule has 247 valence electrons. The number of ketones is 1. The van der Waals surface area contributed by atoms with Crippen LogP contribution in [0.3, 0.4) is 0 Å². The maximum atomic E-state index is 12.2. The minimum Gasteiger partial charge on any atom is -0.512 e. The van der Waals surface area contributed by atoms with Gasteiger partial charge in [0.15, 0.2) is 5.78 Å². The summed E-state index contributed by atoms with van der Waals surface area (Å²) in [6.07, 6.45) is 6.44. The fourth-order valence-electron chi connectivity index (χ4n) is 5.80. The number of aryl methyl sites for hydroxylation is 2. The first-order chi connectivity index (χ1) is 22.0. The molecule has 47 heavy (non-hydrogen) atoms. The molecule has 2 heterocycles. The first-order valence-corrected chi connectivity index (χ1v) is 17.2. The quantitative estimate of drug-likeness (QED) is 0.0944. The number of carbonyl (C=O) groups is 1. The maximum absolute atomic E-state index is 12.2. The van der Waals surface area contributed by atoms with Crippen LogP contribution in [-0.2, 0) is 24.9 Å². The van der Waals surface area contributed by atoms with Crippen LogP contribution in [0.2, 0.25) is 0 Å². The van der Waals surface area contributed by atoms with Gasteiger partial charge in [0.25, 0.3) is 0 Å². The third-order valence-electron chi connectivity index (χ3n) is 10.4. The topological polar surface area (TPSA) is 63.1 Å². The van der Waals surface area contributed by atoms with E-state index in [0.29, 0.717) is 0 Å². The number of aliphatic hydroxyl groups excluding tert-OH is 1. The number of hydrogen-bond acceptors (Lipinski definition) is 5. The summed E-state index contributed by atoms with van der Waals surface area (Å²) in [5, 5.41) is 16.3. The Hall–Kier alpha value is -3.44. The van der Waals surface area contributed by atoms with E-state index in [1.54, 1.807) is 17.7 Å². The van der Waals surface area contributed by atoms with Gasteiger partial charge in [-0.25, -0.2) is 4.98 Å². The van der Waals surface area contributed by atoms with Crippen LogP contribution in [0.25, 0.3) is 53.1 Å². The van der Waals surface area contributed by atoms with Crippen molar-refractivity contribution in [2.24, 2.45) is 10.8 Å². The number of hydrogen-bond donors (Lipinski definition) is 1. The minimum absolute atomic E-state index is 0. The van der Waals surface area contributed by atoms with Crippen molar-refractivity contribution < 1.29 is 30.0 Å². The second-order valence-electron chi connectivity index (χ2n) is 13.0. The molecule has 6 heteroatoms. The standard InChI is InChI=1S/C26H17N2S.C15H28O2.Ir/c1-15-11-19-9-10-22-23(21(19)12-16(15)2)25-26(29-22)24(27-14-28-25)20-8-7-17-5-3-4-6-18(17)13-20;1-7-14(5,8-2)12(16)11-13(17)15(6,9-3)10-4;/h3-7,9-14H,1-2H3;11,16H,7-10H2,1-6H3;/q-1;;/b;12-11-;. The normalized spacial score (nSPS) is 12.3. The van der Waals surface area contributed by atoms with Crippen molar-refractivity contribution in [2.45, 2.75) is 81.1 Å². The Kier molecular flexibility index (Phi) is 11.4. The van der Waals surface area contributed by atoms with Gasteiger partial charge in [0.1, 0.15) is 12.1 Å². The fraction of sp³-hybridized carbons (Fsp3) is 0.341. The zero-order valence-electron chi connectivity index (χ0n) is 28.7. The summed E-state index contributed by atoms with van der Waals surface area (Å²) in [6, 6.07) is 25.0. The van der Waals surface area contributed by atoms with Crippen LogP contribution in [0.1, 0.15) is 78.4 Å². The van der Waals surface area contributed by atoms with E-state index >= 15 is 0 Å². The van der Waals surface area contributed by atoms with Crippen LogP contribution in [0.15, 0.2) is 78.8 Å². The Morgan fingerprint density at radius 1 is 0.851 bits per heavy atom. The second kappa shape index (κ2) is 14.8. The van der Waals surface area contributed by atoms with Gasteiger partial charge in [-0.3, -0.25) is 9.78 Å². The Morgan fingerprint density at radius 2 is 1.49 bits per heavy atom. The number of aliphatic hydroxyl groups is 1. The summed E-state index contributed by atoms with van der Waals surface area (Å²) < 4.78 is 2.37. The number of carbonyl (C=O) groups excluding carboxylic acids is 1. The van der Waals surface area contributed by atoms with E-state index in [2.05, 4.69) is 79.5 Å². The van der Waals surface area contributed by atoms with E-state index in [4.69, 9.17) is 4.98 Å². The molecule has 0 amide bonds. The molecule has 4 aromatic carbocycles. The molecule has 0 atom stereocenters. The molecular formula is C41H45IrN2O2S-. The summed E-state index contributed by atoms with van der Waals surface area (Å²) in [7, 11) is 0. The van der Waals surface area contributed by atoms with Gasteiger partial charge in [-0.05, 0) is 67.5 Å². The molecule has 0 aliphatic heterocycles. The largest absolute Gasteiger partial charge is 0.512 e. The van der Waals surface area contributed by atoms with Gasteiger partial charge in [0.2, 0.25) is 0 Å². The molecule has 6 rings (SSSR count). The molecule has 1 radical (unpaired) electrons. The Morgan fingerprint density at radius 3 is 2.15 bits per heavy atom. The smallest absolute Gasteiger partial charge is 0.164 e. The van der Waals surface area contributed by atoms with E-state index in [0.717, 1.165) is 47.2 Å². The van der Waals surface area contributed by atoms with Crippen molar-refractivity contribution in [1.29, 1.82) is 0 Å². The van der Waals surface area contributed by atoms with Gasteiger partial charge in [0, 0.05) is 57.5 Å². The number of allylic oxidation sites excluding steroid dienone is 2. The zero-order valence-corrected chi connectivity index (χ0v) is 32.0. The number of nitrogens with zero attached hydrogens (tertiary/aromatic N) is 2. The van der Waals surface area contributed by atoms with Crippen molar-refractivity contribution in [3.63, 3.8) is 0 Å².